The standard InChI is InChI=1S/C16H19NO3S/c17-16(21)15-14(12-7-1-2-8-13(12)20-15)19-10-4-6-11-5-3-9-18-11/h1-2,7-8,11H,3-6,9-10H2,(H2,17,21). The number of nitrogens with two attached hydrogens (primary N) is 1. The molecular formula is C16H19NO3S. The molecule has 0 bridgehead atoms. The van der Waals surface area contributed by atoms with E-state index >= 15 is 0 Å². The van der Waals surface area contributed by atoms with Crippen molar-refractivity contribution in [1.82, 2.24) is 0 Å². The smallest absolute Gasteiger partial charge is 0.204 e. The topological polar surface area (TPSA) is 57.6 Å². The minimum Gasteiger partial charge on any atom is -0.489 e. The second-order valence-electron chi connectivity index (χ2n) is 5.25. The molecule has 112 valence electrons. The van der Waals surface area contributed by atoms with Crippen LogP contribution in [-0.4, -0.2) is 24.3 Å². The second kappa shape index (κ2) is 6.45. The van der Waals surface area contributed by atoms with Crippen molar-refractivity contribution in [2.45, 2.75) is 31.8 Å². The van der Waals surface area contributed by atoms with Gasteiger partial charge >= 0.3 is 0 Å². The highest BCUT2D eigenvalue weighted by atomic mass is 32.1. The van der Waals surface area contributed by atoms with E-state index in [1.54, 1.807) is 0 Å². The maximum atomic E-state index is 5.89. The third-order valence-electron chi connectivity index (χ3n) is 3.71. The number of benzene rings is 1. The first-order valence-electron chi connectivity index (χ1n) is 7.31. The van der Waals surface area contributed by atoms with Gasteiger partial charge in [0.15, 0.2) is 5.75 Å². The van der Waals surface area contributed by atoms with Crippen molar-refractivity contribution in [2.75, 3.05) is 13.2 Å². The Labute approximate surface area is 129 Å². The Morgan fingerprint density at radius 2 is 2.24 bits per heavy atom. The summed E-state index contributed by atoms with van der Waals surface area (Å²) in [6, 6.07) is 7.70. The van der Waals surface area contributed by atoms with Crippen LogP contribution in [0.5, 0.6) is 5.75 Å². The highest BCUT2D eigenvalue weighted by molar-refractivity contribution is 7.80. The summed E-state index contributed by atoms with van der Waals surface area (Å²) in [4.78, 5) is 0.223. The minimum atomic E-state index is 0.223. The number of ether oxygens (including phenoxy) is 2. The van der Waals surface area contributed by atoms with Crippen LogP contribution in [0, 0.1) is 0 Å². The maximum Gasteiger partial charge on any atom is 0.204 e. The van der Waals surface area contributed by atoms with Crippen molar-refractivity contribution in [1.29, 1.82) is 0 Å². The zero-order valence-electron chi connectivity index (χ0n) is 11.8. The van der Waals surface area contributed by atoms with E-state index in [4.69, 9.17) is 31.8 Å². The first-order valence-corrected chi connectivity index (χ1v) is 7.72. The Hall–Kier alpha value is -1.59. The molecule has 4 nitrogen and oxygen atoms in total. The van der Waals surface area contributed by atoms with Crippen LogP contribution in [0.2, 0.25) is 0 Å². The quantitative estimate of drug-likeness (QED) is 0.655. The Bertz CT molecular complexity index is 631. The second-order valence-corrected chi connectivity index (χ2v) is 5.69. The third-order valence-corrected chi connectivity index (χ3v) is 3.90. The Morgan fingerprint density at radius 1 is 1.38 bits per heavy atom. The number of hydrogen-bond donors (Lipinski definition) is 1. The molecule has 0 aliphatic carbocycles. The van der Waals surface area contributed by atoms with Crippen LogP contribution < -0.4 is 10.5 Å². The van der Waals surface area contributed by atoms with Gasteiger partial charge in [-0.05, 0) is 37.8 Å². The molecule has 1 fully saturated rings. The summed E-state index contributed by atoms with van der Waals surface area (Å²) in [5.74, 6) is 1.12. The highest BCUT2D eigenvalue weighted by Crippen LogP contribution is 2.33. The lowest BCUT2D eigenvalue weighted by Gasteiger charge is -2.10. The Kier molecular flexibility index (Phi) is 4.41. The van der Waals surface area contributed by atoms with Crippen molar-refractivity contribution < 1.29 is 13.9 Å². The van der Waals surface area contributed by atoms with Crippen LogP contribution in [0.1, 0.15) is 31.4 Å². The van der Waals surface area contributed by atoms with Crippen molar-refractivity contribution in [3.63, 3.8) is 0 Å². The molecule has 1 unspecified atom stereocenters. The maximum absolute atomic E-state index is 5.89. The molecule has 0 saturated carbocycles. The lowest BCUT2D eigenvalue weighted by molar-refractivity contribution is 0.0981. The predicted molar refractivity (Wildman–Crippen MR) is 85.8 cm³/mol. The molecule has 0 radical (unpaired) electrons. The fraction of sp³-hybridized carbons (Fsp3) is 0.438. The summed E-state index contributed by atoms with van der Waals surface area (Å²) < 4.78 is 17.2. The molecule has 0 spiro atoms. The summed E-state index contributed by atoms with van der Waals surface area (Å²) in [6.07, 6.45) is 4.69. The third kappa shape index (κ3) is 3.19. The first kappa shape index (κ1) is 14.4. The van der Waals surface area contributed by atoms with Crippen molar-refractivity contribution in [2.24, 2.45) is 5.73 Å². The van der Waals surface area contributed by atoms with Gasteiger partial charge in [-0.1, -0.05) is 24.4 Å². The van der Waals surface area contributed by atoms with Gasteiger partial charge in [-0.3, -0.25) is 0 Å². The molecule has 0 amide bonds. The summed E-state index contributed by atoms with van der Waals surface area (Å²) in [5, 5.41) is 0.914. The van der Waals surface area contributed by atoms with Crippen LogP contribution in [0.3, 0.4) is 0 Å². The van der Waals surface area contributed by atoms with E-state index in [-0.39, 0.29) is 4.99 Å². The molecule has 1 atom stereocenters. The molecule has 2 N–H and O–H groups in total. The summed E-state index contributed by atoms with van der Waals surface area (Å²) >= 11 is 5.04. The molecule has 1 aliphatic rings. The van der Waals surface area contributed by atoms with Gasteiger partial charge in [0.05, 0.1) is 18.1 Å². The molecule has 2 aromatic rings. The average molecular weight is 305 g/mol. The molecule has 3 rings (SSSR count). The van der Waals surface area contributed by atoms with Crippen LogP contribution >= 0.6 is 12.2 Å². The minimum absolute atomic E-state index is 0.223. The fourth-order valence-electron chi connectivity index (χ4n) is 2.68. The van der Waals surface area contributed by atoms with Gasteiger partial charge < -0.3 is 19.6 Å². The van der Waals surface area contributed by atoms with Crippen LogP contribution in [0.25, 0.3) is 11.0 Å². The number of fused-ring (bicyclic) bond motifs is 1. The number of hydrogen-bond acceptors (Lipinski definition) is 4. The first-order chi connectivity index (χ1) is 10.3. The Balaban J connectivity index is 1.67. The van der Waals surface area contributed by atoms with Crippen LogP contribution in [0.4, 0.5) is 0 Å². The van der Waals surface area contributed by atoms with Crippen molar-refractivity contribution in [3.8, 4) is 5.75 Å². The summed E-state index contributed by atoms with van der Waals surface area (Å²) in [6.45, 7) is 1.50. The van der Waals surface area contributed by atoms with Crippen LogP contribution in [0.15, 0.2) is 28.7 Å². The summed E-state index contributed by atoms with van der Waals surface area (Å²) in [7, 11) is 0. The predicted octanol–water partition coefficient (Wildman–Crippen LogP) is 3.41. The molecule has 21 heavy (non-hydrogen) atoms. The monoisotopic (exact) mass is 305 g/mol. The van der Waals surface area contributed by atoms with Gasteiger partial charge in [0.1, 0.15) is 10.6 Å². The fourth-order valence-corrected chi connectivity index (χ4v) is 2.82. The number of para-hydroxylation sites is 1. The van der Waals surface area contributed by atoms with E-state index < -0.39 is 0 Å². The van der Waals surface area contributed by atoms with Gasteiger partial charge in [-0.2, -0.15) is 0 Å². The van der Waals surface area contributed by atoms with E-state index in [2.05, 4.69) is 0 Å². The molecule has 5 heteroatoms. The zero-order valence-corrected chi connectivity index (χ0v) is 12.7. The van der Waals surface area contributed by atoms with Crippen LogP contribution in [-0.2, 0) is 4.74 Å². The molecule has 1 aromatic carbocycles. The Morgan fingerprint density at radius 3 is 3.00 bits per heavy atom. The number of thiocarbonyl (C=S) groups is 1. The highest BCUT2D eigenvalue weighted by Gasteiger charge is 2.18. The normalized spacial score (nSPS) is 18.2. The molecule has 1 saturated heterocycles. The van der Waals surface area contributed by atoms with Crippen molar-refractivity contribution in [3.05, 3.63) is 30.0 Å². The van der Waals surface area contributed by atoms with E-state index in [1.165, 1.54) is 6.42 Å². The van der Waals surface area contributed by atoms with E-state index in [0.29, 0.717) is 24.2 Å². The van der Waals surface area contributed by atoms with Gasteiger partial charge in [0, 0.05) is 6.61 Å². The lowest BCUT2D eigenvalue weighted by Crippen LogP contribution is -2.11. The number of rotatable bonds is 6. The van der Waals surface area contributed by atoms with E-state index in [9.17, 15) is 0 Å². The molecular weight excluding hydrogens is 286 g/mol. The van der Waals surface area contributed by atoms with Gasteiger partial charge in [0.25, 0.3) is 0 Å². The van der Waals surface area contributed by atoms with Crippen molar-refractivity contribution >= 4 is 28.2 Å². The molecule has 2 heterocycles. The zero-order chi connectivity index (χ0) is 14.7. The number of furan rings is 1. The van der Waals surface area contributed by atoms with Gasteiger partial charge in [-0.15, -0.1) is 0 Å². The van der Waals surface area contributed by atoms with Gasteiger partial charge in [0.2, 0.25) is 5.76 Å². The summed E-state index contributed by atoms with van der Waals surface area (Å²) in [5.41, 5.74) is 6.46. The lowest BCUT2D eigenvalue weighted by atomic mass is 10.1. The molecule has 1 aliphatic heterocycles. The molecule has 1 aromatic heterocycles. The largest absolute Gasteiger partial charge is 0.489 e. The SMILES string of the molecule is NC(=S)c1oc2ccccc2c1OCCCC1CCCO1. The average Bonchev–Trinajstić information content (AvgIpc) is 3.11. The van der Waals surface area contributed by atoms with E-state index in [0.717, 1.165) is 36.8 Å². The van der Waals surface area contributed by atoms with E-state index in [1.807, 2.05) is 24.3 Å². The van der Waals surface area contributed by atoms with Gasteiger partial charge in [-0.25, -0.2) is 0 Å².